The van der Waals surface area contributed by atoms with Crippen molar-refractivity contribution in [2.45, 2.75) is 31.4 Å². The third-order valence-corrected chi connectivity index (χ3v) is 6.15. The number of aliphatic imine (C=N–C) groups is 1. The number of carbonyl (C=O) groups is 1. The molecule has 0 bridgehead atoms. The zero-order valence-corrected chi connectivity index (χ0v) is 16.3. The lowest BCUT2D eigenvalue weighted by molar-refractivity contribution is -0.140. The van der Waals surface area contributed by atoms with Crippen molar-refractivity contribution in [3.8, 4) is 0 Å². The number of morpholine rings is 1. The van der Waals surface area contributed by atoms with Gasteiger partial charge in [-0.2, -0.15) is 11.8 Å². The predicted octanol–water partition coefficient (Wildman–Crippen LogP) is 1.27. The highest BCUT2D eigenvalue weighted by atomic mass is 32.2. The van der Waals surface area contributed by atoms with Crippen LogP contribution in [-0.2, 0) is 9.53 Å². The minimum atomic E-state index is 0.153. The maximum atomic E-state index is 12.6. The van der Waals surface area contributed by atoms with Gasteiger partial charge in [-0.25, -0.2) is 0 Å². The number of hydrogen-bond acceptors (Lipinski definition) is 4. The SMILES string of the molecule is CN=C(NCC(C)(C)SC)N1CCC(C(=O)N2CCOCC2)CC1. The number of carbonyl (C=O) groups excluding carboxylic acids is 1. The van der Waals surface area contributed by atoms with Gasteiger partial charge in [0.05, 0.1) is 13.2 Å². The number of nitrogens with one attached hydrogen (secondary N) is 1. The highest BCUT2D eigenvalue weighted by molar-refractivity contribution is 7.99. The molecule has 0 unspecified atom stereocenters. The number of hydrogen-bond donors (Lipinski definition) is 1. The smallest absolute Gasteiger partial charge is 0.225 e. The third-order valence-electron chi connectivity index (χ3n) is 4.90. The lowest BCUT2D eigenvalue weighted by atomic mass is 9.95. The monoisotopic (exact) mass is 356 g/mol. The Hall–Kier alpha value is -0.950. The molecule has 0 aromatic heterocycles. The van der Waals surface area contributed by atoms with Crippen LogP contribution in [0.15, 0.2) is 4.99 Å². The van der Waals surface area contributed by atoms with Gasteiger partial charge in [0.2, 0.25) is 5.91 Å². The Morgan fingerprint density at radius 2 is 1.83 bits per heavy atom. The zero-order chi connectivity index (χ0) is 17.6. The second-order valence-electron chi connectivity index (χ2n) is 7.06. The summed E-state index contributed by atoms with van der Waals surface area (Å²) >= 11 is 1.85. The van der Waals surface area contributed by atoms with Crippen LogP contribution in [-0.4, -0.2) is 85.7 Å². The molecule has 138 valence electrons. The molecular weight excluding hydrogens is 324 g/mol. The first-order chi connectivity index (χ1) is 11.5. The van der Waals surface area contributed by atoms with Crippen LogP contribution in [0.4, 0.5) is 0 Å². The quantitative estimate of drug-likeness (QED) is 0.607. The summed E-state index contributed by atoms with van der Waals surface area (Å²) in [5.74, 6) is 1.42. The van der Waals surface area contributed by atoms with E-state index in [1.165, 1.54) is 0 Å². The summed E-state index contributed by atoms with van der Waals surface area (Å²) in [6.45, 7) is 9.95. The molecule has 0 aliphatic carbocycles. The Morgan fingerprint density at radius 3 is 2.38 bits per heavy atom. The van der Waals surface area contributed by atoms with Crippen molar-refractivity contribution >= 4 is 23.6 Å². The molecule has 2 fully saturated rings. The summed E-state index contributed by atoms with van der Waals surface area (Å²) in [7, 11) is 1.83. The van der Waals surface area contributed by atoms with Crippen molar-refractivity contribution in [1.82, 2.24) is 15.1 Å². The fraction of sp³-hybridized carbons (Fsp3) is 0.882. The standard InChI is InChI=1S/C17H32N4O2S/c1-17(2,24-4)13-19-16(18-3)21-7-5-14(6-8-21)15(22)20-9-11-23-12-10-20/h14H,5-13H2,1-4H3,(H,18,19). The van der Waals surface area contributed by atoms with Crippen LogP contribution in [0.5, 0.6) is 0 Å². The maximum absolute atomic E-state index is 12.6. The van der Waals surface area contributed by atoms with E-state index in [9.17, 15) is 4.79 Å². The molecule has 0 atom stereocenters. The van der Waals surface area contributed by atoms with Crippen LogP contribution < -0.4 is 5.32 Å². The minimum Gasteiger partial charge on any atom is -0.378 e. The van der Waals surface area contributed by atoms with Gasteiger partial charge in [0.1, 0.15) is 0 Å². The second kappa shape index (κ2) is 8.94. The summed E-state index contributed by atoms with van der Waals surface area (Å²) in [4.78, 5) is 21.3. The van der Waals surface area contributed by atoms with Crippen molar-refractivity contribution in [1.29, 1.82) is 0 Å². The van der Waals surface area contributed by atoms with E-state index in [4.69, 9.17) is 4.74 Å². The molecule has 2 rings (SSSR count). The van der Waals surface area contributed by atoms with Crippen molar-refractivity contribution in [3.63, 3.8) is 0 Å². The Labute approximate surface area is 150 Å². The van der Waals surface area contributed by atoms with Gasteiger partial charge in [-0.3, -0.25) is 9.79 Å². The van der Waals surface area contributed by atoms with Crippen LogP contribution in [0.2, 0.25) is 0 Å². The number of nitrogens with zero attached hydrogens (tertiary/aromatic N) is 3. The molecule has 6 nitrogen and oxygen atoms in total. The van der Waals surface area contributed by atoms with Gasteiger partial charge >= 0.3 is 0 Å². The van der Waals surface area contributed by atoms with Crippen LogP contribution >= 0.6 is 11.8 Å². The fourth-order valence-electron chi connectivity index (χ4n) is 3.08. The Kier molecular flexibility index (Phi) is 7.22. The molecule has 1 amide bonds. The fourth-order valence-corrected chi connectivity index (χ4v) is 3.29. The minimum absolute atomic E-state index is 0.153. The van der Waals surface area contributed by atoms with E-state index in [1.807, 2.05) is 23.7 Å². The van der Waals surface area contributed by atoms with Gasteiger partial charge in [0.25, 0.3) is 0 Å². The van der Waals surface area contributed by atoms with E-state index in [0.29, 0.717) is 19.1 Å². The molecule has 2 heterocycles. The number of guanidine groups is 1. The van der Waals surface area contributed by atoms with E-state index in [-0.39, 0.29) is 10.7 Å². The van der Waals surface area contributed by atoms with Crippen molar-refractivity contribution in [2.24, 2.45) is 10.9 Å². The number of piperidine rings is 1. The average Bonchev–Trinajstić information content (AvgIpc) is 2.63. The zero-order valence-electron chi connectivity index (χ0n) is 15.5. The van der Waals surface area contributed by atoms with Gasteiger partial charge < -0.3 is 19.9 Å². The Bertz CT molecular complexity index is 442. The van der Waals surface area contributed by atoms with E-state index >= 15 is 0 Å². The van der Waals surface area contributed by atoms with Crippen LogP contribution in [0.3, 0.4) is 0 Å². The van der Waals surface area contributed by atoms with E-state index in [2.05, 4.69) is 35.3 Å². The summed E-state index contributed by atoms with van der Waals surface area (Å²) in [6, 6.07) is 0. The van der Waals surface area contributed by atoms with Crippen LogP contribution in [0, 0.1) is 5.92 Å². The maximum Gasteiger partial charge on any atom is 0.225 e. The lowest BCUT2D eigenvalue weighted by Gasteiger charge is -2.37. The van der Waals surface area contributed by atoms with Crippen LogP contribution in [0.25, 0.3) is 0 Å². The third kappa shape index (κ3) is 5.28. The highest BCUT2D eigenvalue weighted by Gasteiger charge is 2.30. The number of thioether (sulfide) groups is 1. The number of amides is 1. The first kappa shape index (κ1) is 19.4. The lowest BCUT2D eigenvalue weighted by Crippen LogP contribution is -2.51. The van der Waals surface area contributed by atoms with Crippen molar-refractivity contribution in [3.05, 3.63) is 0 Å². The predicted molar refractivity (Wildman–Crippen MR) is 101 cm³/mol. The molecule has 0 aromatic rings. The van der Waals surface area contributed by atoms with Gasteiger partial charge in [0.15, 0.2) is 5.96 Å². The topological polar surface area (TPSA) is 57.2 Å². The number of likely N-dealkylation sites (tertiary alicyclic amines) is 1. The van der Waals surface area contributed by atoms with Gasteiger partial charge in [-0.1, -0.05) is 0 Å². The summed E-state index contributed by atoms with van der Waals surface area (Å²) in [5.41, 5.74) is 0. The normalized spacial score (nSPS) is 21.1. The van der Waals surface area contributed by atoms with E-state index in [1.54, 1.807) is 0 Å². The molecule has 2 aliphatic heterocycles. The van der Waals surface area contributed by atoms with Gasteiger partial charge in [-0.15, -0.1) is 0 Å². The van der Waals surface area contributed by atoms with E-state index < -0.39 is 0 Å². The molecule has 0 aromatic carbocycles. The largest absolute Gasteiger partial charge is 0.378 e. The van der Waals surface area contributed by atoms with Crippen LogP contribution in [0.1, 0.15) is 26.7 Å². The molecule has 2 saturated heterocycles. The molecule has 0 radical (unpaired) electrons. The molecule has 1 N–H and O–H groups in total. The van der Waals surface area contributed by atoms with Crippen molar-refractivity contribution < 1.29 is 9.53 Å². The highest BCUT2D eigenvalue weighted by Crippen LogP contribution is 2.22. The molecule has 0 spiro atoms. The first-order valence-electron chi connectivity index (χ1n) is 8.84. The first-order valence-corrected chi connectivity index (χ1v) is 10.1. The Morgan fingerprint density at radius 1 is 1.21 bits per heavy atom. The summed E-state index contributed by atoms with van der Waals surface area (Å²) in [5, 5.41) is 3.48. The Balaban J connectivity index is 1.81. The molecule has 7 heteroatoms. The summed E-state index contributed by atoms with van der Waals surface area (Å²) < 4.78 is 5.52. The molecule has 24 heavy (non-hydrogen) atoms. The average molecular weight is 357 g/mol. The van der Waals surface area contributed by atoms with E-state index in [0.717, 1.165) is 51.5 Å². The second-order valence-corrected chi connectivity index (χ2v) is 8.58. The number of ether oxygens (including phenoxy) is 1. The van der Waals surface area contributed by atoms with Crippen molar-refractivity contribution in [2.75, 3.05) is 59.2 Å². The van der Waals surface area contributed by atoms with Gasteiger partial charge in [-0.05, 0) is 32.9 Å². The molecular formula is C17H32N4O2S. The van der Waals surface area contributed by atoms with Gasteiger partial charge in [0, 0.05) is 50.4 Å². The molecule has 0 saturated carbocycles. The molecule has 2 aliphatic rings. The summed E-state index contributed by atoms with van der Waals surface area (Å²) in [6.07, 6.45) is 3.94. The number of rotatable bonds is 4.